The van der Waals surface area contributed by atoms with E-state index in [4.69, 9.17) is 14.8 Å². The van der Waals surface area contributed by atoms with Crippen molar-refractivity contribution >= 4 is 27.5 Å². The molecule has 34 heavy (non-hydrogen) atoms. The first kappa shape index (κ1) is 22.7. The molecule has 1 aliphatic heterocycles. The average molecular weight is 480 g/mol. The van der Waals surface area contributed by atoms with Crippen LogP contribution in [0.5, 0.6) is 0 Å². The van der Waals surface area contributed by atoms with Gasteiger partial charge in [-0.25, -0.2) is 14.1 Å². The number of para-hydroxylation sites is 1. The van der Waals surface area contributed by atoms with E-state index in [1.807, 2.05) is 28.9 Å². The highest BCUT2D eigenvalue weighted by molar-refractivity contribution is 7.20. The highest BCUT2D eigenvalue weighted by Gasteiger charge is 2.29. The van der Waals surface area contributed by atoms with Crippen molar-refractivity contribution in [2.45, 2.75) is 57.7 Å². The Morgan fingerprint density at radius 2 is 1.97 bits per heavy atom. The van der Waals surface area contributed by atoms with Gasteiger partial charge in [0.1, 0.15) is 11.9 Å². The molecule has 0 saturated carbocycles. The van der Waals surface area contributed by atoms with Gasteiger partial charge in [0, 0.05) is 17.5 Å². The molecule has 5 rings (SSSR count). The highest BCUT2D eigenvalue weighted by atomic mass is 32.1. The summed E-state index contributed by atoms with van der Waals surface area (Å²) in [5.41, 5.74) is 4.57. The van der Waals surface area contributed by atoms with Gasteiger partial charge in [-0.05, 0) is 55.2 Å². The molecule has 1 N–H and O–H groups in total. The van der Waals surface area contributed by atoms with Crippen molar-refractivity contribution in [1.29, 1.82) is 0 Å². The van der Waals surface area contributed by atoms with Crippen LogP contribution in [0.4, 0.5) is 4.39 Å². The van der Waals surface area contributed by atoms with E-state index in [0.29, 0.717) is 19.3 Å². The lowest BCUT2D eigenvalue weighted by molar-refractivity contribution is -0.160. The molecule has 0 aliphatic carbocycles. The number of rotatable bonds is 6. The Morgan fingerprint density at radius 3 is 2.68 bits per heavy atom. The van der Waals surface area contributed by atoms with Crippen LogP contribution in [0.3, 0.4) is 0 Å². The van der Waals surface area contributed by atoms with Gasteiger partial charge in [0.15, 0.2) is 0 Å². The Balaban J connectivity index is 1.61. The molecule has 2 aromatic heterocycles. The Kier molecular flexibility index (Phi) is 6.18. The molecule has 4 aromatic rings. The maximum atomic E-state index is 13.8. The standard InChI is InChI=1S/C26H26FN3O3S/c1-15(2)24-20(12-11-19-13-18(31)14-23(32)33-19)25(16-7-9-17(27)10-8-16)30(29-24)26-28-21-5-3-4-6-22(21)34-26/h3-10,15,18-19,31H,11-14H2,1-2H3/t18-,19+/m0/s1. The third-order valence-corrected chi connectivity index (χ3v) is 7.11. The van der Waals surface area contributed by atoms with Gasteiger partial charge < -0.3 is 9.84 Å². The number of aromatic nitrogens is 3. The number of fused-ring (bicyclic) bond motifs is 1. The normalized spacial score (nSPS) is 18.6. The largest absolute Gasteiger partial charge is 0.462 e. The van der Waals surface area contributed by atoms with Gasteiger partial charge in [0.05, 0.1) is 34.1 Å². The summed E-state index contributed by atoms with van der Waals surface area (Å²) in [6.45, 7) is 4.18. The second-order valence-electron chi connectivity index (χ2n) is 8.99. The minimum absolute atomic E-state index is 0.0457. The number of cyclic esters (lactones) is 1. The number of ether oxygens (including phenoxy) is 1. The fourth-order valence-electron chi connectivity index (χ4n) is 4.51. The van der Waals surface area contributed by atoms with E-state index in [9.17, 15) is 14.3 Å². The number of nitrogens with zero attached hydrogens (tertiary/aromatic N) is 3. The zero-order valence-corrected chi connectivity index (χ0v) is 19.9. The van der Waals surface area contributed by atoms with E-state index in [1.54, 1.807) is 23.5 Å². The Bertz CT molecular complexity index is 1300. The molecule has 6 nitrogen and oxygen atoms in total. The van der Waals surface area contributed by atoms with Crippen molar-refractivity contribution < 1.29 is 19.0 Å². The maximum Gasteiger partial charge on any atom is 0.308 e. The maximum absolute atomic E-state index is 13.8. The summed E-state index contributed by atoms with van der Waals surface area (Å²) < 4.78 is 22.2. The number of benzene rings is 2. The molecule has 0 bridgehead atoms. The number of carbonyl (C=O) groups excluding carboxylic acids is 1. The first-order valence-electron chi connectivity index (χ1n) is 11.5. The van der Waals surface area contributed by atoms with Crippen molar-refractivity contribution in [3.05, 3.63) is 65.6 Å². The van der Waals surface area contributed by atoms with E-state index in [1.165, 1.54) is 12.1 Å². The van der Waals surface area contributed by atoms with Crippen LogP contribution in [0.2, 0.25) is 0 Å². The van der Waals surface area contributed by atoms with Crippen molar-refractivity contribution in [3.8, 4) is 16.4 Å². The monoisotopic (exact) mass is 479 g/mol. The third-order valence-electron chi connectivity index (χ3n) is 6.09. The number of carbonyl (C=O) groups is 1. The molecule has 3 heterocycles. The SMILES string of the molecule is CC(C)c1nn(-c2nc3ccccc3s2)c(-c2ccc(F)cc2)c1CC[C@@H]1C[C@H](O)CC(=O)O1. The minimum Gasteiger partial charge on any atom is -0.462 e. The zero-order valence-electron chi connectivity index (χ0n) is 19.1. The molecule has 2 aromatic carbocycles. The lowest BCUT2D eigenvalue weighted by Crippen LogP contribution is -2.32. The fraction of sp³-hybridized carbons (Fsp3) is 0.346. The summed E-state index contributed by atoms with van der Waals surface area (Å²) in [5.74, 6) is -0.523. The molecule has 0 radical (unpaired) electrons. The van der Waals surface area contributed by atoms with Gasteiger partial charge in [-0.1, -0.05) is 37.3 Å². The summed E-state index contributed by atoms with van der Waals surface area (Å²) in [4.78, 5) is 16.6. The molecule has 1 saturated heterocycles. The second-order valence-corrected chi connectivity index (χ2v) is 10.0. The van der Waals surface area contributed by atoms with Gasteiger partial charge in [0.2, 0.25) is 5.13 Å². The molecule has 0 amide bonds. The summed E-state index contributed by atoms with van der Waals surface area (Å²) in [6, 6.07) is 14.4. The van der Waals surface area contributed by atoms with Crippen LogP contribution < -0.4 is 0 Å². The number of hydrogen-bond acceptors (Lipinski definition) is 6. The number of hydrogen-bond donors (Lipinski definition) is 1. The molecule has 8 heteroatoms. The predicted octanol–water partition coefficient (Wildman–Crippen LogP) is 5.41. The van der Waals surface area contributed by atoms with Crippen LogP contribution in [-0.2, 0) is 16.0 Å². The number of halogens is 1. The van der Waals surface area contributed by atoms with Crippen LogP contribution in [-0.4, -0.2) is 38.0 Å². The van der Waals surface area contributed by atoms with E-state index in [2.05, 4.69) is 13.8 Å². The Labute approximate surface area is 201 Å². The smallest absolute Gasteiger partial charge is 0.308 e. The number of aliphatic hydroxyl groups is 1. The molecule has 176 valence electrons. The van der Waals surface area contributed by atoms with Crippen LogP contribution in [0.15, 0.2) is 48.5 Å². The fourth-order valence-corrected chi connectivity index (χ4v) is 5.44. The summed E-state index contributed by atoms with van der Waals surface area (Å²) in [5, 5.41) is 15.7. The Morgan fingerprint density at radius 1 is 1.21 bits per heavy atom. The summed E-state index contributed by atoms with van der Waals surface area (Å²) in [6.07, 6.45) is 0.643. The van der Waals surface area contributed by atoms with E-state index >= 15 is 0 Å². The molecule has 2 atom stereocenters. The van der Waals surface area contributed by atoms with Crippen molar-refractivity contribution in [2.75, 3.05) is 0 Å². The molecular weight excluding hydrogens is 453 g/mol. The third kappa shape index (κ3) is 4.48. The van der Waals surface area contributed by atoms with Gasteiger partial charge in [0.25, 0.3) is 0 Å². The molecule has 0 spiro atoms. The molecular formula is C26H26FN3O3S. The van der Waals surface area contributed by atoms with Crippen LogP contribution in [0.1, 0.15) is 50.3 Å². The topological polar surface area (TPSA) is 77.2 Å². The number of thiazole rings is 1. The number of aliphatic hydroxyl groups excluding tert-OH is 1. The zero-order chi connectivity index (χ0) is 23.8. The van der Waals surface area contributed by atoms with Crippen LogP contribution >= 0.6 is 11.3 Å². The molecule has 1 fully saturated rings. The van der Waals surface area contributed by atoms with Crippen LogP contribution in [0, 0.1) is 5.82 Å². The summed E-state index contributed by atoms with van der Waals surface area (Å²) >= 11 is 1.56. The van der Waals surface area contributed by atoms with Crippen molar-refractivity contribution in [3.63, 3.8) is 0 Å². The van der Waals surface area contributed by atoms with Crippen molar-refractivity contribution in [2.24, 2.45) is 0 Å². The highest BCUT2D eigenvalue weighted by Crippen LogP contribution is 2.36. The second kappa shape index (κ2) is 9.27. The van der Waals surface area contributed by atoms with E-state index in [-0.39, 0.29) is 30.2 Å². The number of esters is 1. The van der Waals surface area contributed by atoms with Crippen molar-refractivity contribution in [1.82, 2.24) is 14.8 Å². The molecule has 1 aliphatic rings. The minimum atomic E-state index is -0.669. The van der Waals surface area contributed by atoms with Gasteiger partial charge in [-0.15, -0.1) is 0 Å². The predicted molar refractivity (Wildman–Crippen MR) is 130 cm³/mol. The van der Waals surface area contributed by atoms with Gasteiger partial charge in [-0.2, -0.15) is 5.10 Å². The Hall–Kier alpha value is -3.10. The quantitative estimate of drug-likeness (QED) is 0.374. The lowest BCUT2D eigenvalue weighted by Gasteiger charge is -2.26. The van der Waals surface area contributed by atoms with Gasteiger partial charge >= 0.3 is 5.97 Å². The lowest BCUT2D eigenvalue weighted by atomic mass is 9.93. The first-order valence-corrected chi connectivity index (χ1v) is 12.3. The first-order chi connectivity index (χ1) is 16.4. The molecule has 0 unspecified atom stereocenters. The summed E-state index contributed by atoms with van der Waals surface area (Å²) in [7, 11) is 0. The van der Waals surface area contributed by atoms with E-state index < -0.39 is 6.10 Å². The van der Waals surface area contributed by atoms with E-state index in [0.717, 1.165) is 37.9 Å². The average Bonchev–Trinajstić information content (AvgIpc) is 3.39. The van der Waals surface area contributed by atoms with Crippen LogP contribution in [0.25, 0.3) is 26.6 Å². The van der Waals surface area contributed by atoms with Gasteiger partial charge in [-0.3, -0.25) is 4.79 Å².